The SMILES string of the molecule is CCOC(=O)c1c(C)oc(NC(=O)C(CC)Oc2c(-c3ccccc3)oc3ccccc3c2=O)c1C(=O)OCC. The van der Waals surface area contributed by atoms with Crippen LogP contribution in [0.25, 0.3) is 22.3 Å². The first-order chi connectivity index (χ1) is 19.3. The van der Waals surface area contributed by atoms with Crippen LogP contribution in [-0.2, 0) is 14.3 Å². The minimum absolute atomic E-state index is 0.0272. The molecule has 0 bridgehead atoms. The Morgan fingerprint density at radius 1 is 0.850 bits per heavy atom. The standard InChI is InChI=1S/C30H29NO9/c1-5-20(27(33)31-28-23(30(35)37-7-3)22(17(4)38-28)29(34)36-6-2)39-26-24(32)19-15-11-12-16-21(19)40-25(26)18-13-9-8-10-14-18/h8-16,20H,5-7H2,1-4H3,(H,31,33). The largest absolute Gasteiger partial charge is 0.473 e. The van der Waals surface area contributed by atoms with Gasteiger partial charge in [-0.2, -0.15) is 0 Å². The number of carbonyl (C=O) groups is 3. The first-order valence-corrected chi connectivity index (χ1v) is 12.9. The third-order valence-electron chi connectivity index (χ3n) is 6.00. The summed E-state index contributed by atoms with van der Waals surface area (Å²) in [6, 6.07) is 15.6. The van der Waals surface area contributed by atoms with E-state index in [0.717, 1.165) is 0 Å². The molecular formula is C30H29NO9. The number of fused-ring (bicyclic) bond motifs is 1. The van der Waals surface area contributed by atoms with E-state index in [4.69, 9.17) is 23.0 Å². The van der Waals surface area contributed by atoms with Crippen LogP contribution in [0.4, 0.5) is 5.88 Å². The number of nitrogens with one attached hydrogen (secondary N) is 1. The molecule has 0 aliphatic rings. The number of hydrogen-bond donors (Lipinski definition) is 1. The molecule has 2 aromatic heterocycles. The first kappa shape index (κ1) is 28.2. The molecule has 0 saturated heterocycles. The van der Waals surface area contributed by atoms with E-state index in [-0.39, 0.29) is 59.3 Å². The minimum Gasteiger partial charge on any atom is -0.473 e. The molecule has 1 N–H and O–H groups in total. The van der Waals surface area contributed by atoms with Crippen molar-refractivity contribution in [2.24, 2.45) is 0 Å². The van der Waals surface area contributed by atoms with Crippen molar-refractivity contribution in [1.29, 1.82) is 0 Å². The van der Waals surface area contributed by atoms with Gasteiger partial charge in [0, 0.05) is 5.56 Å². The summed E-state index contributed by atoms with van der Waals surface area (Å²) in [4.78, 5) is 52.3. The summed E-state index contributed by atoms with van der Waals surface area (Å²) in [5.41, 5.74) is 0.0914. The zero-order chi connectivity index (χ0) is 28.8. The van der Waals surface area contributed by atoms with Crippen molar-refractivity contribution in [2.45, 2.75) is 40.2 Å². The topological polar surface area (TPSA) is 134 Å². The van der Waals surface area contributed by atoms with Crippen molar-refractivity contribution in [2.75, 3.05) is 18.5 Å². The summed E-state index contributed by atoms with van der Waals surface area (Å²) in [5.74, 6) is -2.58. The Balaban J connectivity index is 1.73. The van der Waals surface area contributed by atoms with Gasteiger partial charge in [-0.05, 0) is 39.3 Å². The molecule has 40 heavy (non-hydrogen) atoms. The van der Waals surface area contributed by atoms with Gasteiger partial charge in [-0.15, -0.1) is 0 Å². The van der Waals surface area contributed by atoms with Gasteiger partial charge in [0.1, 0.15) is 22.5 Å². The van der Waals surface area contributed by atoms with Crippen LogP contribution in [0, 0.1) is 6.92 Å². The number of anilines is 1. The predicted molar refractivity (Wildman–Crippen MR) is 147 cm³/mol. The summed E-state index contributed by atoms with van der Waals surface area (Å²) in [6.45, 7) is 6.48. The Morgan fingerprint density at radius 2 is 1.48 bits per heavy atom. The fourth-order valence-corrected chi connectivity index (χ4v) is 4.15. The van der Waals surface area contributed by atoms with Crippen molar-refractivity contribution in [1.82, 2.24) is 0 Å². The van der Waals surface area contributed by atoms with Crippen molar-refractivity contribution in [3.05, 3.63) is 81.7 Å². The summed E-state index contributed by atoms with van der Waals surface area (Å²) in [5, 5.41) is 2.81. The number of rotatable bonds is 10. The van der Waals surface area contributed by atoms with Gasteiger partial charge in [0.2, 0.25) is 17.1 Å². The lowest BCUT2D eigenvalue weighted by Crippen LogP contribution is -2.34. The maximum Gasteiger partial charge on any atom is 0.344 e. The van der Waals surface area contributed by atoms with Crippen LogP contribution in [0.2, 0.25) is 0 Å². The Labute approximate surface area is 229 Å². The Bertz CT molecular complexity index is 1600. The molecule has 4 aromatic rings. The number of benzene rings is 2. The van der Waals surface area contributed by atoms with Gasteiger partial charge in [-0.1, -0.05) is 49.4 Å². The van der Waals surface area contributed by atoms with E-state index in [9.17, 15) is 19.2 Å². The van der Waals surface area contributed by atoms with Crippen molar-refractivity contribution >= 4 is 34.7 Å². The number of ether oxygens (including phenoxy) is 3. The van der Waals surface area contributed by atoms with Crippen LogP contribution < -0.4 is 15.5 Å². The highest BCUT2D eigenvalue weighted by Gasteiger charge is 2.33. The second-order valence-corrected chi connectivity index (χ2v) is 8.63. The monoisotopic (exact) mass is 547 g/mol. The Kier molecular flexibility index (Phi) is 8.68. The average molecular weight is 548 g/mol. The number of hydrogen-bond acceptors (Lipinski definition) is 9. The van der Waals surface area contributed by atoms with Crippen molar-refractivity contribution < 1.29 is 37.4 Å². The number of para-hydroxylation sites is 1. The second kappa shape index (κ2) is 12.3. The zero-order valence-electron chi connectivity index (χ0n) is 22.6. The van der Waals surface area contributed by atoms with Gasteiger partial charge in [-0.3, -0.25) is 14.9 Å². The van der Waals surface area contributed by atoms with Crippen LogP contribution in [0.5, 0.6) is 5.75 Å². The van der Waals surface area contributed by atoms with E-state index >= 15 is 0 Å². The number of esters is 2. The maximum absolute atomic E-state index is 13.5. The van der Waals surface area contributed by atoms with E-state index in [0.29, 0.717) is 11.1 Å². The smallest absolute Gasteiger partial charge is 0.344 e. The number of aryl methyl sites for hydroxylation is 1. The molecule has 0 spiro atoms. The fourth-order valence-electron chi connectivity index (χ4n) is 4.15. The van der Waals surface area contributed by atoms with Crippen LogP contribution >= 0.6 is 0 Å². The maximum atomic E-state index is 13.5. The van der Waals surface area contributed by atoms with E-state index in [2.05, 4.69) is 5.32 Å². The normalized spacial score (nSPS) is 11.6. The van der Waals surface area contributed by atoms with Gasteiger partial charge in [0.05, 0.1) is 18.6 Å². The minimum atomic E-state index is -1.20. The molecule has 1 atom stereocenters. The molecule has 208 valence electrons. The van der Waals surface area contributed by atoms with Crippen molar-refractivity contribution in [3.8, 4) is 17.1 Å². The average Bonchev–Trinajstić information content (AvgIpc) is 3.28. The Morgan fingerprint density at radius 3 is 2.12 bits per heavy atom. The van der Waals surface area contributed by atoms with E-state index in [1.807, 2.05) is 6.07 Å². The molecule has 0 aliphatic heterocycles. The lowest BCUT2D eigenvalue weighted by atomic mass is 10.1. The quantitative estimate of drug-likeness (QED) is 0.255. The molecule has 0 radical (unpaired) electrons. The molecule has 1 unspecified atom stereocenters. The molecular weight excluding hydrogens is 518 g/mol. The lowest BCUT2D eigenvalue weighted by molar-refractivity contribution is -0.123. The molecule has 4 rings (SSSR count). The molecule has 1 amide bonds. The first-order valence-electron chi connectivity index (χ1n) is 12.9. The number of amides is 1. The molecule has 10 nitrogen and oxygen atoms in total. The highest BCUT2D eigenvalue weighted by molar-refractivity contribution is 6.09. The van der Waals surface area contributed by atoms with Gasteiger partial charge in [0.25, 0.3) is 5.91 Å². The van der Waals surface area contributed by atoms with E-state index in [1.165, 1.54) is 6.92 Å². The predicted octanol–water partition coefficient (Wildman–Crippen LogP) is 5.51. The molecule has 2 heterocycles. The third kappa shape index (κ3) is 5.61. The summed E-state index contributed by atoms with van der Waals surface area (Å²) < 4.78 is 27.8. The fraction of sp³-hybridized carbons (Fsp3) is 0.267. The highest BCUT2D eigenvalue weighted by Crippen LogP contribution is 2.33. The molecule has 0 aliphatic carbocycles. The number of carbonyl (C=O) groups excluding carboxylic acids is 3. The van der Waals surface area contributed by atoms with Crippen LogP contribution in [0.15, 0.2) is 68.2 Å². The third-order valence-corrected chi connectivity index (χ3v) is 6.00. The van der Waals surface area contributed by atoms with Crippen molar-refractivity contribution in [3.63, 3.8) is 0 Å². The van der Waals surface area contributed by atoms with E-state index in [1.54, 1.807) is 69.3 Å². The molecule has 10 heteroatoms. The van der Waals surface area contributed by atoms with Gasteiger partial charge in [-0.25, -0.2) is 9.59 Å². The Hall–Kier alpha value is -4.86. The van der Waals surface area contributed by atoms with E-state index < -0.39 is 29.4 Å². The van der Waals surface area contributed by atoms with Crippen LogP contribution in [0.1, 0.15) is 53.7 Å². The molecule has 2 aromatic carbocycles. The van der Waals surface area contributed by atoms with Gasteiger partial charge >= 0.3 is 11.9 Å². The zero-order valence-corrected chi connectivity index (χ0v) is 22.6. The highest BCUT2D eigenvalue weighted by atomic mass is 16.5. The second-order valence-electron chi connectivity index (χ2n) is 8.63. The van der Waals surface area contributed by atoms with Gasteiger partial charge < -0.3 is 23.0 Å². The molecule has 0 fully saturated rings. The van der Waals surface area contributed by atoms with Crippen LogP contribution in [0.3, 0.4) is 0 Å². The lowest BCUT2D eigenvalue weighted by Gasteiger charge is -2.18. The van der Waals surface area contributed by atoms with Gasteiger partial charge in [0.15, 0.2) is 11.9 Å². The molecule has 0 saturated carbocycles. The van der Waals surface area contributed by atoms with Crippen LogP contribution in [-0.4, -0.2) is 37.2 Å². The summed E-state index contributed by atoms with van der Waals surface area (Å²) in [7, 11) is 0. The summed E-state index contributed by atoms with van der Waals surface area (Å²) >= 11 is 0. The number of furan rings is 1. The summed E-state index contributed by atoms with van der Waals surface area (Å²) in [6.07, 6.45) is -1.05.